The van der Waals surface area contributed by atoms with E-state index in [1.807, 2.05) is 0 Å². The van der Waals surface area contributed by atoms with Gasteiger partial charge in [-0.2, -0.15) is 0 Å². The maximum atomic E-state index is 12.8. The van der Waals surface area contributed by atoms with Gasteiger partial charge in [-0.3, -0.25) is 19.3 Å². The van der Waals surface area contributed by atoms with Crippen molar-refractivity contribution in [3.05, 3.63) is 66.4 Å². The number of nitrogens with one attached hydrogen (secondary N) is 2. The van der Waals surface area contributed by atoms with Crippen LogP contribution in [-0.2, 0) is 19.6 Å². The summed E-state index contributed by atoms with van der Waals surface area (Å²) >= 11 is 0. The molecule has 0 aliphatic rings. The minimum atomic E-state index is -3.97. The average Bonchev–Trinajstić information content (AvgIpc) is 2.76. The van der Waals surface area contributed by atoms with Crippen molar-refractivity contribution in [2.75, 3.05) is 4.72 Å². The number of aliphatic carboxylic acids is 2. The van der Waals surface area contributed by atoms with Gasteiger partial charge in [0.2, 0.25) is 0 Å². The van der Waals surface area contributed by atoms with Crippen LogP contribution in [0.1, 0.15) is 23.2 Å². The van der Waals surface area contributed by atoms with Crippen LogP contribution in [0, 0.1) is 0 Å². The third-order valence-electron chi connectivity index (χ3n) is 4.53. The van der Waals surface area contributed by atoms with E-state index in [1.54, 1.807) is 24.3 Å². The van der Waals surface area contributed by atoms with Crippen LogP contribution in [0.3, 0.4) is 0 Å². The summed E-state index contributed by atoms with van der Waals surface area (Å²) in [5.74, 6) is -3.26. The summed E-state index contributed by atoms with van der Waals surface area (Å²) in [5.41, 5.74) is 0.594. The second kappa shape index (κ2) is 9.43. The van der Waals surface area contributed by atoms with E-state index in [2.05, 4.69) is 15.0 Å². The average molecular weight is 457 g/mol. The summed E-state index contributed by atoms with van der Waals surface area (Å²) in [4.78, 5) is 38.3. The largest absolute Gasteiger partial charge is 0.481 e. The molecule has 0 bridgehead atoms. The summed E-state index contributed by atoms with van der Waals surface area (Å²) in [7, 11) is -3.97. The quantitative estimate of drug-likeness (QED) is 0.379. The molecule has 11 heteroatoms. The number of carbonyl (C=O) groups excluding carboxylic acids is 1. The summed E-state index contributed by atoms with van der Waals surface area (Å²) in [6, 6.07) is 12.2. The molecule has 166 valence electrons. The van der Waals surface area contributed by atoms with Gasteiger partial charge in [-0.05, 0) is 42.8 Å². The van der Waals surface area contributed by atoms with Crippen LogP contribution < -0.4 is 10.0 Å². The second-order valence-corrected chi connectivity index (χ2v) is 8.46. The lowest BCUT2D eigenvalue weighted by Gasteiger charge is -2.14. The Bertz CT molecular complexity index is 1270. The fourth-order valence-electron chi connectivity index (χ4n) is 2.96. The van der Waals surface area contributed by atoms with Crippen molar-refractivity contribution < 1.29 is 33.0 Å². The van der Waals surface area contributed by atoms with Crippen molar-refractivity contribution in [1.29, 1.82) is 0 Å². The van der Waals surface area contributed by atoms with Gasteiger partial charge in [0.1, 0.15) is 10.9 Å². The van der Waals surface area contributed by atoms with Gasteiger partial charge in [0.25, 0.3) is 15.9 Å². The molecule has 0 saturated heterocycles. The van der Waals surface area contributed by atoms with Gasteiger partial charge in [0, 0.05) is 29.3 Å². The molecule has 0 aliphatic carbocycles. The van der Waals surface area contributed by atoms with Crippen molar-refractivity contribution in [3.8, 4) is 0 Å². The number of carbonyl (C=O) groups is 3. The van der Waals surface area contributed by atoms with Crippen LogP contribution in [0.25, 0.3) is 10.9 Å². The minimum Gasteiger partial charge on any atom is -0.481 e. The van der Waals surface area contributed by atoms with Crippen molar-refractivity contribution >= 4 is 44.5 Å². The molecule has 0 fully saturated rings. The third kappa shape index (κ3) is 5.38. The number of hydrogen-bond acceptors (Lipinski definition) is 6. The number of nitrogens with zero attached hydrogens (tertiary/aromatic N) is 1. The number of sulfonamides is 1. The molecule has 1 aromatic heterocycles. The predicted octanol–water partition coefficient (Wildman–Crippen LogP) is 2.08. The number of pyridine rings is 1. The van der Waals surface area contributed by atoms with E-state index >= 15 is 0 Å². The van der Waals surface area contributed by atoms with Crippen molar-refractivity contribution in [1.82, 2.24) is 10.3 Å². The number of para-hydroxylation sites is 1. The van der Waals surface area contributed by atoms with E-state index in [9.17, 15) is 22.8 Å². The zero-order chi connectivity index (χ0) is 23.3. The Balaban J connectivity index is 1.74. The van der Waals surface area contributed by atoms with E-state index in [0.29, 0.717) is 10.9 Å². The summed E-state index contributed by atoms with van der Waals surface area (Å²) < 4.78 is 28.1. The lowest BCUT2D eigenvalue weighted by atomic mass is 10.1. The lowest BCUT2D eigenvalue weighted by molar-refractivity contribution is -0.140. The number of aromatic nitrogens is 1. The first kappa shape index (κ1) is 22.7. The van der Waals surface area contributed by atoms with Crippen LogP contribution in [0.2, 0.25) is 0 Å². The number of hydrogen-bond donors (Lipinski definition) is 4. The molecule has 0 spiro atoms. The monoisotopic (exact) mass is 457 g/mol. The first-order chi connectivity index (χ1) is 15.2. The standard InChI is InChI=1S/C21H19N3O7S/c25-18(26)11-10-16(21(28)29)23-20(27)14-6-8-15(9-7-14)24-32(30,31)17-5-1-3-13-4-2-12-22-19(13)17/h1-9,12,16,24H,10-11H2,(H,23,27)(H,25,26)(H,28,29)/t16-/m0/s1. The topological polar surface area (TPSA) is 163 Å². The van der Waals surface area contributed by atoms with Crippen LogP contribution in [-0.4, -0.2) is 47.5 Å². The van der Waals surface area contributed by atoms with Gasteiger partial charge >= 0.3 is 11.9 Å². The van der Waals surface area contributed by atoms with Crippen molar-refractivity contribution in [3.63, 3.8) is 0 Å². The normalized spacial score (nSPS) is 12.1. The maximum absolute atomic E-state index is 12.8. The molecule has 1 heterocycles. The van der Waals surface area contributed by atoms with E-state index in [1.165, 1.54) is 36.5 Å². The molecular weight excluding hydrogens is 438 g/mol. The molecule has 1 atom stereocenters. The fourth-order valence-corrected chi connectivity index (χ4v) is 4.20. The molecule has 0 unspecified atom stereocenters. The van der Waals surface area contributed by atoms with Crippen LogP contribution in [0.5, 0.6) is 0 Å². The molecule has 3 rings (SSSR count). The Morgan fingerprint density at radius 2 is 1.66 bits per heavy atom. The molecule has 0 saturated carbocycles. The highest BCUT2D eigenvalue weighted by Gasteiger charge is 2.22. The highest BCUT2D eigenvalue weighted by Crippen LogP contribution is 2.23. The number of carboxylic acids is 2. The van der Waals surface area contributed by atoms with Gasteiger partial charge in [-0.25, -0.2) is 13.2 Å². The number of amides is 1. The summed E-state index contributed by atoms with van der Waals surface area (Å²) in [5, 5.41) is 20.8. The molecule has 32 heavy (non-hydrogen) atoms. The second-order valence-electron chi connectivity index (χ2n) is 6.81. The molecule has 3 aromatic rings. The molecule has 0 radical (unpaired) electrons. The lowest BCUT2D eigenvalue weighted by Crippen LogP contribution is -2.41. The van der Waals surface area contributed by atoms with Crippen LogP contribution >= 0.6 is 0 Å². The predicted molar refractivity (Wildman–Crippen MR) is 115 cm³/mol. The minimum absolute atomic E-state index is 0.000139. The first-order valence-electron chi connectivity index (χ1n) is 9.39. The third-order valence-corrected chi connectivity index (χ3v) is 5.95. The van der Waals surface area contributed by atoms with Gasteiger partial charge < -0.3 is 15.5 Å². The van der Waals surface area contributed by atoms with Crippen LogP contribution in [0.15, 0.2) is 65.7 Å². The Morgan fingerprint density at radius 1 is 0.969 bits per heavy atom. The number of carboxylic acid groups (broad SMARTS) is 2. The van der Waals surface area contributed by atoms with Gasteiger partial charge in [0.15, 0.2) is 0 Å². The zero-order valence-electron chi connectivity index (χ0n) is 16.6. The maximum Gasteiger partial charge on any atom is 0.326 e. The number of fused-ring (bicyclic) bond motifs is 1. The molecular formula is C21H19N3O7S. The molecule has 10 nitrogen and oxygen atoms in total. The Hall–Kier alpha value is -3.99. The smallest absolute Gasteiger partial charge is 0.326 e. The SMILES string of the molecule is O=C(O)CC[C@H](NC(=O)c1ccc(NS(=O)(=O)c2cccc3cccnc23)cc1)C(=O)O. The molecule has 1 amide bonds. The number of rotatable bonds is 9. The Kier molecular flexibility index (Phi) is 6.69. The fraction of sp³-hybridized carbons (Fsp3) is 0.143. The highest BCUT2D eigenvalue weighted by molar-refractivity contribution is 7.93. The van der Waals surface area contributed by atoms with Gasteiger partial charge in [-0.1, -0.05) is 18.2 Å². The van der Waals surface area contributed by atoms with Gasteiger partial charge in [0.05, 0.1) is 5.52 Å². The van der Waals surface area contributed by atoms with E-state index in [4.69, 9.17) is 10.2 Å². The van der Waals surface area contributed by atoms with Crippen LogP contribution in [0.4, 0.5) is 5.69 Å². The molecule has 4 N–H and O–H groups in total. The van der Waals surface area contributed by atoms with Crippen molar-refractivity contribution in [2.45, 2.75) is 23.8 Å². The zero-order valence-corrected chi connectivity index (χ0v) is 17.4. The number of anilines is 1. The van der Waals surface area contributed by atoms with E-state index < -0.39 is 40.3 Å². The Labute approximate surface area is 183 Å². The van der Waals surface area contributed by atoms with Crippen molar-refractivity contribution in [2.24, 2.45) is 0 Å². The number of benzene rings is 2. The molecule has 0 aliphatic heterocycles. The molecule has 2 aromatic carbocycles. The summed E-state index contributed by atoms with van der Waals surface area (Å²) in [6.07, 6.45) is 0.809. The summed E-state index contributed by atoms with van der Waals surface area (Å²) in [6.45, 7) is 0. The van der Waals surface area contributed by atoms with Gasteiger partial charge in [-0.15, -0.1) is 0 Å². The Morgan fingerprint density at radius 3 is 2.31 bits per heavy atom. The van der Waals surface area contributed by atoms with E-state index in [0.717, 1.165) is 0 Å². The highest BCUT2D eigenvalue weighted by atomic mass is 32.2. The van der Waals surface area contributed by atoms with E-state index in [-0.39, 0.29) is 22.6 Å². The first-order valence-corrected chi connectivity index (χ1v) is 10.9.